The van der Waals surface area contributed by atoms with Crippen LogP contribution in [0.3, 0.4) is 0 Å². The molecule has 1 N–H and O–H groups in total. The van der Waals surface area contributed by atoms with Crippen LogP contribution in [-0.2, 0) is 22.1 Å². The summed E-state index contributed by atoms with van der Waals surface area (Å²) in [5, 5.41) is 4.18. The van der Waals surface area contributed by atoms with Crippen LogP contribution in [0.1, 0.15) is 42.0 Å². The number of rotatable bonds is 6. The van der Waals surface area contributed by atoms with Crippen molar-refractivity contribution in [1.29, 1.82) is 0 Å². The topological polar surface area (TPSA) is 76.4 Å². The van der Waals surface area contributed by atoms with Crippen molar-refractivity contribution in [2.24, 2.45) is 0 Å². The van der Waals surface area contributed by atoms with Crippen LogP contribution in [0, 0.1) is 6.92 Å². The average Bonchev–Trinajstić information content (AvgIpc) is 2.58. The first-order valence-corrected chi connectivity index (χ1v) is 11.3. The van der Waals surface area contributed by atoms with Gasteiger partial charge in [0.25, 0.3) is 0 Å². The fraction of sp³-hybridized carbons (Fsp3) is 0.318. The average molecular weight is 400 g/mol. The SMILES string of the molecule is Cc1cc2oc(=O)cc(CNc3ccccc3CS(C)(=O)=O)c2cc1C(C)C. The van der Waals surface area contributed by atoms with Crippen LogP contribution in [0.5, 0.6) is 0 Å². The molecule has 3 rings (SSSR count). The molecule has 1 aromatic heterocycles. The zero-order chi connectivity index (χ0) is 20.5. The number of hydrogen-bond acceptors (Lipinski definition) is 5. The van der Waals surface area contributed by atoms with Crippen LogP contribution < -0.4 is 10.9 Å². The quantitative estimate of drug-likeness (QED) is 0.623. The molecule has 0 unspecified atom stereocenters. The molecule has 0 spiro atoms. The first-order chi connectivity index (χ1) is 13.1. The van der Waals surface area contributed by atoms with Gasteiger partial charge < -0.3 is 9.73 Å². The second kappa shape index (κ2) is 7.80. The molecule has 0 bridgehead atoms. The highest BCUT2D eigenvalue weighted by molar-refractivity contribution is 7.89. The molecule has 3 aromatic rings. The van der Waals surface area contributed by atoms with Crippen molar-refractivity contribution in [3.8, 4) is 0 Å². The molecule has 0 saturated heterocycles. The van der Waals surface area contributed by atoms with E-state index in [1.165, 1.54) is 17.9 Å². The van der Waals surface area contributed by atoms with E-state index in [1.807, 2.05) is 31.2 Å². The summed E-state index contributed by atoms with van der Waals surface area (Å²) in [7, 11) is -3.15. The molecule has 0 saturated carbocycles. The lowest BCUT2D eigenvalue weighted by molar-refractivity contribution is 0.558. The summed E-state index contributed by atoms with van der Waals surface area (Å²) in [5.41, 5.74) is 4.74. The third kappa shape index (κ3) is 4.62. The Kier molecular flexibility index (Phi) is 5.61. The predicted molar refractivity (Wildman–Crippen MR) is 114 cm³/mol. The van der Waals surface area contributed by atoms with Crippen molar-refractivity contribution >= 4 is 26.5 Å². The minimum absolute atomic E-state index is 0.0372. The first kappa shape index (κ1) is 20.1. The van der Waals surface area contributed by atoms with E-state index >= 15 is 0 Å². The molecule has 2 aromatic carbocycles. The van der Waals surface area contributed by atoms with Crippen molar-refractivity contribution in [2.45, 2.75) is 39.0 Å². The zero-order valence-electron chi connectivity index (χ0n) is 16.6. The Balaban J connectivity index is 2.00. The third-order valence-corrected chi connectivity index (χ3v) is 5.58. The Morgan fingerprint density at radius 3 is 2.46 bits per heavy atom. The number of aryl methyl sites for hydroxylation is 1. The van der Waals surface area contributed by atoms with Gasteiger partial charge in [-0.3, -0.25) is 0 Å². The number of nitrogens with one attached hydrogen (secondary N) is 1. The fourth-order valence-electron chi connectivity index (χ4n) is 3.45. The summed E-state index contributed by atoms with van der Waals surface area (Å²) in [6.07, 6.45) is 1.22. The van der Waals surface area contributed by atoms with Gasteiger partial charge in [-0.25, -0.2) is 13.2 Å². The molecular formula is C22H25NO4S. The molecule has 0 aliphatic rings. The number of fused-ring (bicyclic) bond motifs is 1. The Hall–Kier alpha value is -2.60. The highest BCUT2D eigenvalue weighted by atomic mass is 32.2. The Morgan fingerprint density at radius 1 is 1.07 bits per heavy atom. The number of para-hydroxylation sites is 1. The molecule has 6 heteroatoms. The molecule has 0 aliphatic heterocycles. The van der Waals surface area contributed by atoms with Gasteiger partial charge in [-0.15, -0.1) is 0 Å². The van der Waals surface area contributed by atoms with Crippen LogP contribution in [-0.4, -0.2) is 14.7 Å². The molecule has 0 radical (unpaired) electrons. The standard InChI is InChI=1S/C22H25NO4S/c1-14(2)18-11-19-17(10-22(24)27-21(19)9-15(18)3)12-23-20-8-6-5-7-16(20)13-28(4,25)26/h5-11,14,23H,12-13H2,1-4H3. The minimum atomic E-state index is -3.15. The third-order valence-electron chi connectivity index (χ3n) is 4.74. The van der Waals surface area contributed by atoms with E-state index in [9.17, 15) is 13.2 Å². The summed E-state index contributed by atoms with van der Waals surface area (Å²) in [6, 6.07) is 12.8. The maximum absolute atomic E-state index is 12.0. The Morgan fingerprint density at radius 2 is 1.79 bits per heavy atom. The second-order valence-electron chi connectivity index (χ2n) is 7.53. The smallest absolute Gasteiger partial charge is 0.336 e. The predicted octanol–water partition coefficient (Wildman–Crippen LogP) is 4.38. The van der Waals surface area contributed by atoms with Crippen molar-refractivity contribution < 1.29 is 12.8 Å². The van der Waals surface area contributed by atoms with Gasteiger partial charge in [0.15, 0.2) is 9.84 Å². The molecule has 0 fully saturated rings. The van der Waals surface area contributed by atoms with Gasteiger partial charge in [0.2, 0.25) is 0 Å². The lowest BCUT2D eigenvalue weighted by atomic mass is 9.95. The lowest BCUT2D eigenvalue weighted by Gasteiger charge is -2.15. The summed E-state index contributed by atoms with van der Waals surface area (Å²) in [5.74, 6) is 0.317. The van der Waals surface area contributed by atoms with Gasteiger partial charge in [-0.2, -0.15) is 0 Å². The van der Waals surface area contributed by atoms with E-state index in [-0.39, 0.29) is 5.75 Å². The monoisotopic (exact) mass is 399 g/mol. The molecule has 0 amide bonds. The molecule has 148 valence electrons. The molecule has 5 nitrogen and oxygen atoms in total. The number of hydrogen-bond donors (Lipinski definition) is 1. The van der Waals surface area contributed by atoms with E-state index in [1.54, 1.807) is 6.07 Å². The lowest BCUT2D eigenvalue weighted by Crippen LogP contribution is -2.09. The van der Waals surface area contributed by atoms with Gasteiger partial charge in [-0.05, 0) is 53.3 Å². The van der Waals surface area contributed by atoms with E-state index in [4.69, 9.17) is 4.42 Å². The van der Waals surface area contributed by atoms with E-state index in [2.05, 4.69) is 25.2 Å². The molecule has 0 aliphatic carbocycles. The second-order valence-corrected chi connectivity index (χ2v) is 9.67. The largest absolute Gasteiger partial charge is 0.423 e. The van der Waals surface area contributed by atoms with Gasteiger partial charge in [-0.1, -0.05) is 32.0 Å². The van der Waals surface area contributed by atoms with Crippen LogP contribution >= 0.6 is 0 Å². The number of anilines is 1. The highest BCUT2D eigenvalue weighted by Crippen LogP contribution is 2.27. The van der Waals surface area contributed by atoms with Crippen molar-refractivity contribution in [1.82, 2.24) is 0 Å². The fourth-order valence-corrected chi connectivity index (χ4v) is 4.27. The maximum atomic E-state index is 12.0. The summed E-state index contributed by atoms with van der Waals surface area (Å²) < 4.78 is 28.8. The van der Waals surface area contributed by atoms with Crippen LogP contribution in [0.2, 0.25) is 0 Å². The maximum Gasteiger partial charge on any atom is 0.336 e. The summed E-state index contributed by atoms with van der Waals surface area (Å²) in [4.78, 5) is 12.0. The summed E-state index contributed by atoms with van der Waals surface area (Å²) >= 11 is 0. The van der Waals surface area contributed by atoms with Gasteiger partial charge in [0, 0.05) is 29.9 Å². The zero-order valence-corrected chi connectivity index (χ0v) is 17.4. The van der Waals surface area contributed by atoms with Crippen LogP contribution in [0.25, 0.3) is 11.0 Å². The molecule has 0 atom stereocenters. The van der Waals surface area contributed by atoms with Crippen molar-refractivity contribution in [3.63, 3.8) is 0 Å². The van der Waals surface area contributed by atoms with E-state index in [0.717, 1.165) is 22.2 Å². The highest BCUT2D eigenvalue weighted by Gasteiger charge is 2.13. The molecular weight excluding hydrogens is 374 g/mol. The summed E-state index contributed by atoms with van der Waals surface area (Å²) in [6.45, 7) is 6.67. The number of sulfone groups is 1. The minimum Gasteiger partial charge on any atom is -0.423 e. The Bertz CT molecular complexity index is 1180. The van der Waals surface area contributed by atoms with Crippen LogP contribution in [0.4, 0.5) is 5.69 Å². The van der Waals surface area contributed by atoms with Crippen molar-refractivity contribution in [2.75, 3.05) is 11.6 Å². The Labute approximate surface area is 165 Å². The normalized spacial score (nSPS) is 11.9. The van der Waals surface area contributed by atoms with Crippen LogP contribution in [0.15, 0.2) is 51.7 Å². The van der Waals surface area contributed by atoms with E-state index < -0.39 is 15.5 Å². The number of benzene rings is 2. The molecule has 1 heterocycles. The van der Waals surface area contributed by atoms with Gasteiger partial charge in [0.1, 0.15) is 5.58 Å². The van der Waals surface area contributed by atoms with Gasteiger partial charge >= 0.3 is 5.63 Å². The van der Waals surface area contributed by atoms with Gasteiger partial charge in [0.05, 0.1) is 5.75 Å². The van der Waals surface area contributed by atoms with Crippen molar-refractivity contribution in [3.05, 3.63) is 75.1 Å². The van der Waals surface area contributed by atoms with E-state index in [0.29, 0.717) is 23.6 Å². The molecule has 28 heavy (non-hydrogen) atoms. The first-order valence-electron chi connectivity index (χ1n) is 9.21.